The van der Waals surface area contributed by atoms with Crippen molar-refractivity contribution in [1.29, 1.82) is 0 Å². The molecule has 0 heterocycles. The highest BCUT2D eigenvalue weighted by molar-refractivity contribution is 5.86. The van der Waals surface area contributed by atoms with Crippen molar-refractivity contribution in [3.8, 4) is 0 Å². The quantitative estimate of drug-likeness (QED) is 0.857. The predicted molar refractivity (Wildman–Crippen MR) is 93.1 cm³/mol. The zero-order valence-electron chi connectivity index (χ0n) is 13.5. The molecule has 1 aliphatic rings. The number of nitrogens with one attached hydrogen (secondary N) is 1. The number of nitrogens with zero attached hydrogens (tertiary/aromatic N) is 1. The third-order valence-electron chi connectivity index (χ3n) is 4.19. The topological polar surface area (TPSA) is 75.4 Å². The van der Waals surface area contributed by atoms with Gasteiger partial charge in [0.2, 0.25) is 11.8 Å². The highest BCUT2D eigenvalue weighted by Crippen LogP contribution is 2.22. The summed E-state index contributed by atoms with van der Waals surface area (Å²) in [5.74, 6) is -0.176. The molecule has 0 bridgehead atoms. The molecule has 1 aromatic carbocycles. The minimum Gasteiger partial charge on any atom is -0.347 e. The number of nitrogens with two attached hydrogens (primary N) is 1. The minimum atomic E-state index is -0.0858. The van der Waals surface area contributed by atoms with Gasteiger partial charge < -0.3 is 16.0 Å². The van der Waals surface area contributed by atoms with Crippen LogP contribution in [0.4, 0.5) is 0 Å². The highest BCUT2D eigenvalue weighted by atomic mass is 35.5. The molecule has 0 saturated heterocycles. The molecule has 2 unspecified atom stereocenters. The van der Waals surface area contributed by atoms with Crippen LogP contribution in [0.1, 0.15) is 31.2 Å². The molecule has 2 amide bonds. The average molecular weight is 340 g/mol. The third-order valence-corrected chi connectivity index (χ3v) is 4.19. The molecule has 1 aromatic rings. The first-order valence-corrected chi connectivity index (χ1v) is 7.87. The van der Waals surface area contributed by atoms with Gasteiger partial charge in [0.1, 0.15) is 0 Å². The lowest BCUT2D eigenvalue weighted by Crippen LogP contribution is -2.42. The standard InChI is InChI=1S/C17H25N3O2.ClH/c1-20(12-13-6-3-2-4-7-13)16(21)11-19-17(22)14-8-5-9-15(18)10-14;/h2-4,6-7,14-15H,5,8-12,18H2,1H3,(H,19,22);1H. The molecule has 23 heavy (non-hydrogen) atoms. The molecule has 1 saturated carbocycles. The van der Waals surface area contributed by atoms with Crippen molar-refractivity contribution < 1.29 is 9.59 Å². The van der Waals surface area contributed by atoms with Crippen molar-refractivity contribution in [1.82, 2.24) is 10.2 Å². The van der Waals surface area contributed by atoms with Gasteiger partial charge in [-0.2, -0.15) is 0 Å². The predicted octanol–water partition coefficient (Wildman–Crippen LogP) is 1.70. The minimum absolute atomic E-state index is 0. The largest absolute Gasteiger partial charge is 0.347 e. The van der Waals surface area contributed by atoms with Gasteiger partial charge in [-0.05, 0) is 24.8 Å². The van der Waals surface area contributed by atoms with Gasteiger partial charge in [0.05, 0.1) is 6.54 Å². The Morgan fingerprint density at radius 3 is 2.61 bits per heavy atom. The maximum atomic E-state index is 12.1. The van der Waals surface area contributed by atoms with Crippen LogP contribution in [0, 0.1) is 5.92 Å². The van der Waals surface area contributed by atoms with E-state index in [4.69, 9.17) is 5.73 Å². The van der Waals surface area contributed by atoms with Crippen LogP contribution in [0.3, 0.4) is 0 Å². The number of carbonyl (C=O) groups is 2. The Morgan fingerprint density at radius 2 is 1.96 bits per heavy atom. The first-order valence-electron chi connectivity index (χ1n) is 7.87. The van der Waals surface area contributed by atoms with Crippen LogP contribution in [-0.2, 0) is 16.1 Å². The lowest BCUT2D eigenvalue weighted by atomic mass is 9.85. The Bertz CT molecular complexity index is 510. The Kier molecular flexibility index (Phi) is 8.06. The van der Waals surface area contributed by atoms with Crippen molar-refractivity contribution in [2.24, 2.45) is 11.7 Å². The number of benzene rings is 1. The van der Waals surface area contributed by atoms with Gasteiger partial charge >= 0.3 is 0 Å². The SMILES string of the molecule is CN(Cc1ccccc1)C(=O)CNC(=O)C1CCCC(N)C1.Cl. The van der Waals surface area contributed by atoms with Crippen LogP contribution >= 0.6 is 12.4 Å². The van der Waals surface area contributed by atoms with E-state index < -0.39 is 0 Å². The molecule has 5 nitrogen and oxygen atoms in total. The van der Waals surface area contributed by atoms with Crippen LogP contribution < -0.4 is 11.1 Å². The Labute approximate surface area is 144 Å². The molecule has 0 spiro atoms. The van der Waals surface area contributed by atoms with Crippen LogP contribution in [0.5, 0.6) is 0 Å². The van der Waals surface area contributed by atoms with Crippen molar-refractivity contribution in [3.63, 3.8) is 0 Å². The number of hydrogen-bond acceptors (Lipinski definition) is 3. The lowest BCUT2D eigenvalue weighted by molar-refractivity contribution is -0.133. The number of rotatable bonds is 5. The van der Waals surface area contributed by atoms with E-state index in [1.165, 1.54) is 0 Å². The van der Waals surface area contributed by atoms with Gasteiger partial charge in [-0.25, -0.2) is 0 Å². The molecule has 2 atom stereocenters. The number of halogens is 1. The van der Waals surface area contributed by atoms with Crippen LogP contribution in [0.15, 0.2) is 30.3 Å². The number of likely N-dealkylation sites (N-methyl/N-ethyl adjacent to an activating group) is 1. The highest BCUT2D eigenvalue weighted by Gasteiger charge is 2.25. The smallest absolute Gasteiger partial charge is 0.242 e. The summed E-state index contributed by atoms with van der Waals surface area (Å²) in [6.45, 7) is 0.595. The van der Waals surface area contributed by atoms with Crippen LogP contribution in [0.25, 0.3) is 0 Å². The maximum Gasteiger partial charge on any atom is 0.242 e. The summed E-state index contributed by atoms with van der Waals surface area (Å²) in [6.07, 6.45) is 3.57. The normalized spacial score (nSPS) is 20.3. The molecule has 1 fully saturated rings. The number of amides is 2. The first kappa shape index (κ1) is 19.5. The van der Waals surface area contributed by atoms with Crippen molar-refractivity contribution in [3.05, 3.63) is 35.9 Å². The maximum absolute atomic E-state index is 12.1. The van der Waals surface area contributed by atoms with Gasteiger partial charge in [0.15, 0.2) is 0 Å². The molecule has 2 rings (SSSR count). The third kappa shape index (κ3) is 6.20. The van der Waals surface area contributed by atoms with E-state index in [1.807, 2.05) is 30.3 Å². The molecule has 0 radical (unpaired) electrons. The molecular formula is C17H26ClN3O2. The van der Waals surface area contributed by atoms with Crippen molar-refractivity contribution in [2.45, 2.75) is 38.3 Å². The molecule has 0 aromatic heterocycles. The van der Waals surface area contributed by atoms with Crippen LogP contribution in [-0.4, -0.2) is 36.3 Å². The summed E-state index contributed by atoms with van der Waals surface area (Å²) in [5, 5.41) is 2.75. The molecule has 0 aliphatic heterocycles. The second kappa shape index (κ2) is 9.53. The molecule has 3 N–H and O–H groups in total. The van der Waals surface area contributed by atoms with E-state index in [-0.39, 0.29) is 42.7 Å². The van der Waals surface area contributed by atoms with E-state index in [0.717, 1.165) is 31.2 Å². The second-order valence-corrected chi connectivity index (χ2v) is 6.08. The van der Waals surface area contributed by atoms with Gasteiger partial charge in [-0.3, -0.25) is 9.59 Å². The summed E-state index contributed by atoms with van der Waals surface area (Å²) in [4.78, 5) is 25.8. The molecule has 6 heteroatoms. The molecule has 1 aliphatic carbocycles. The van der Waals surface area contributed by atoms with E-state index in [9.17, 15) is 9.59 Å². The van der Waals surface area contributed by atoms with Crippen molar-refractivity contribution in [2.75, 3.05) is 13.6 Å². The van der Waals surface area contributed by atoms with Crippen molar-refractivity contribution >= 4 is 24.2 Å². The summed E-state index contributed by atoms with van der Waals surface area (Å²) in [7, 11) is 1.75. The zero-order valence-corrected chi connectivity index (χ0v) is 14.3. The number of carbonyl (C=O) groups excluding carboxylic acids is 2. The average Bonchev–Trinajstić information content (AvgIpc) is 2.53. The van der Waals surface area contributed by atoms with E-state index in [1.54, 1.807) is 11.9 Å². The molecule has 128 valence electrons. The Balaban J connectivity index is 0.00000264. The fraction of sp³-hybridized carbons (Fsp3) is 0.529. The van der Waals surface area contributed by atoms with Gasteiger partial charge in [-0.1, -0.05) is 36.8 Å². The second-order valence-electron chi connectivity index (χ2n) is 6.08. The summed E-state index contributed by atoms with van der Waals surface area (Å²) in [5.41, 5.74) is 6.97. The van der Waals surface area contributed by atoms with Gasteiger partial charge in [0, 0.05) is 25.6 Å². The number of hydrogen-bond donors (Lipinski definition) is 2. The van der Waals surface area contributed by atoms with Crippen LogP contribution in [0.2, 0.25) is 0 Å². The lowest BCUT2D eigenvalue weighted by Gasteiger charge is -2.26. The first-order chi connectivity index (χ1) is 10.6. The summed E-state index contributed by atoms with van der Waals surface area (Å²) < 4.78 is 0. The summed E-state index contributed by atoms with van der Waals surface area (Å²) in [6, 6.07) is 9.91. The Hall–Kier alpha value is -1.59. The Morgan fingerprint density at radius 1 is 1.26 bits per heavy atom. The zero-order chi connectivity index (χ0) is 15.9. The fourth-order valence-electron chi connectivity index (χ4n) is 2.85. The van der Waals surface area contributed by atoms with E-state index in [0.29, 0.717) is 6.54 Å². The summed E-state index contributed by atoms with van der Waals surface area (Å²) >= 11 is 0. The van der Waals surface area contributed by atoms with E-state index >= 15 is 0 Å². The van der Waals surface area contributed by atoms with Gasteiger partial charge in [0.25, 0.3) is 0 Å². The monoisotopic (exact) mass is 339 g/mol. The van der Waals surface area contributed by atoms with Gasteiger partial charge in [-0.15, -0.1) is 12.4 Å². The molecular weight excluding hydrogens is 314 g/mol. The van der Waals surface area contributed by atoms with E-state index in [2.05, 4.69) is 5.32 Å². The fourth-order valence-corrected chi connectivity index (χ4v) is 2.85.